The molecule has 0 aliphatic heterocycles. The molecule has 1 amide bonds. The molecule has 0 bridgehead atoms. The molecule has 3 nitrogen and oxygen atoms in total. The van der Waals surface area contributed by atoms with Gasteiger partial charge in [0.25, 0.3) is 0 Å². The van der Waals surface area contributed by atoms with E-state index in [4.69, 9.17) is 5.84 Å². The van der Waals surface area contributed by atoms with E-state index in [1.807, 2.05) is 0 Å². The lowest BCUT2D eigenvalue weighted by atomic mass is 9.65. The minimum absolute atomic E-state index is 0.0709. The van der Waals surface area contributed by atoms with Crippen LogP contribution in [-0.2, 0) is 4.79 Å². The highest BCUT2D eigenvalue weighted by molar-refractivity contribution is 5.78. The van der Waals surface area contributed by atoms with Crippen LogP contribution in [0.5, 0.6) is 0 Å². The molecule has 0 aromatic carbocycles. The lowest BCUT2D eigenvalue weighted by Crippen LogP contribution is -2.43. The average molecular weight is 196 g/mol. The summed E-state index contributed by atoms with van der Waals surface area (Å²) in [5.74, 6) is 6.93. The number of amides is 1. The number of fused-ring (bicyclic) bond motifs is 1. The van der Waals surface area contributed by atoms with Crippen LogP contribution in [0.15, 0.2) is 0 Å². The summed E-state index contributed by atoms with van der Waals surface area (Å²) in [5.41, 5.74) is 2.33. The first kappa shape index (κ1) is 9.97. The van der Waals surface area contributed by atoms with Gasteiger partial charge >= 0.3 is 0 Å². The summed E-state index contributed by atoms with van der Waals surface area (Å²) in [7, 11) is 0. The van der Waals surface area contributed by atoms with Crippen LogP contribution < -0.4 is 11.3 Å². The molecular weight excluding hydrogens is 176 g/mol. The normalized spacial score (nSPS) is 37.4. The van der Waals surface area contributed by atoms with Crippen molar-refractivity contribution in [2.24, 2.45) is 23.6 Å². The van der Waals surface area contributed by atoms with Crippen LogP contribution in [0, 0.1) is 17.8 Å². The summed E-state index contributed by atoms with van der Waals surface area (Å²) < 4.78 is 0. The predicted octanol–water partition coefficient (Wildman–Crippen LogP) is 1.58. The molecule has 14 heavy (non-hydrogen) atoms. The maximum atomic E-state index is 11.6. The Morgan fingerprint density at radius 2 is 1.79 bits per heavy atom. The second-order valence-electron chi connectivity index (χ2n) is 4.75. The number of carbonyl (C=O) groups is 1. The smallest absolute Gasteiger partial charge is 0.237 e. The molecule has 2 saturated carbocycles. The largest absolute Gasteiger partial charge is 0.294 e. The van der Waals surface area contributed by atoms with Crippen LogP contribution in [0.3, 0.4) is 0 Å². The maximum absolute atomic E-state index is 11.6. The summed E-state index contributed by atoms with van der Waals surface area (Å²) in [6.07, 6.45) is 8.82. The molecule has 3 heteroatoms. The van der Waals surface area contributed by atoms with Crippen LogP contribution in [0.2, 0.25) is 0 Å². The van der Waals surface area contributed by atoms with E-state index in [2.05, 4.69) is 5.43 Å². The summed E-state index contributed by atoms with van der Waals surface area (Å²) in [4.78, 5) is 11.6. The van der Waals surface area contributed by atoms with Gasteiger partial charge in [0, 0.05) is 5.92 Å². The van der Waals surface area contributed by atoms with Crippen LogP contribution >= 0.6 is 0 Å². The van der Waals surface area contributed by atoms with E-state index >= 15 is 0 Å². The van der Waals surface area contributed by atoms with Gasteiger partial charge in [-0.15, -0.1) is 0 Å². The second-order valence-corrected chi connectivity index (χ2v) is 4.75. The molecule has 2 aliphatic rings. The van der Waals surface area contributed by atoms with Crippen molar-refractivity contribution in [2.45, 2.75) is 44.9 Å². The Morgan fingerprint density at radius 1 is 1.07 bits per heavy atom. The zero-order chi connectivity index (χ0) is 9.97. The van der Waals surface area contributed by atoms with Gasteiger partial charge < -0.3 is 0 Å². The quantitative estimate of drug-likeness (QED) is 0.380. The lowest BCUT2D eigenvalue weighted by molar-refractivity contribution is -0.129. The molecule has 0 saturated heterocycles. The van der Waals surface area contributed by atoms with E-state index in [1.54, 1.807) is 0 Å². The van der Waals surface area contributed by atoms with E-state index in [9.17, 15) is 4.79 Å². The van der Waals surface area contributed by atoms with Gasteiger partial charge in [-0.1, -0.05) is 32.1 Å². The molecule has 3 atom stereocenters. The molecule has 0 aromatic rings. The Hall–Kier alpha value is -0.570. The van der Waals surface area contributed by atoms with Crippen molar-refractivity contribution >= 4 is 5.91 Å². The zero-order valence-electron chi connectivity index (χ0n) is 8.67. The number of rotatable bonds is 1. The van der Waals surface area contributed by atoms with Gasteiger partial charge in [0.2, 0.25) is 5.91 Å². The first-order chi connectivity index (χ1) is 6.83. The van der Waals surface area contributed by atoms with Gasteiger partial charge in [-0.3, -0.25) is 10.2 Å². The summed E-state index contributed by atoms with van der Waals surface area (Å²) >= 11 is 0. The van der Waals surface area contributed by atoms with Crippen molar-refractivity contribution in [1.82, 2.24) is 5.43 Å². The summed E-state index contributed by atoms with van der Waals surface area (Å²) in [5, 5.41) is 0. The van der Waals surface area contributed by atoms with Crippen LogP contribution in [0.4, 0.5) is 0 Å². The molecule has 3 N–H and O–H groups in total. The van der Waals surface area contributed by atoms with Crippen LogP contribution in [-0.4, -0.2) is 5.91 Å². The first-order valence-electron chi connectivity index (χ1n) is 5.83. The first-order valence-corrected chi connectivity index (χ1v) is 5.83. The van der Waals surface area contributed by atoms with Gasteiger partial charge in [-0.05, 0) is 24.7 Å². The Labute approximate surface area is 85.4 Å². The van der Waals surface area contributed by atoms with E-state index in [0.29, 0.717) is 5.92 Å². The minimum Gasteiger partial charge on any atom is -0.294 e. The summed E-state index contributed by atoms with van der Waals surface area (Å²) in [6, 6.07) is 0. The van der Waals surface area contributed by atoms with Gasteiger partial charge in [-0.25, -0.2) is 5.84 Å². The predicted molar refractivity (Wildman–Crippen MR) is 55.1 cm³/mol. The topological polar surface area (TPSA) is 55.1 Å². The summed E-state index contributed by atoms with van der Waals surface area (Å²) in [6.45, 7) is 0. The van der Waals surface area contributed by atoms with Crippen LogP contribution in [0.25, 0.3) is 0 Å². The third-order valence-corrected chi connectivity index (χ3v) is 4.05. The van der Waals surface area contributed by atoms with Crippen molar-refractivity contribution in [3.05, 3.63) is 0 Å². The van der Waals surface area contributed by atoms with E-state index < -0.39 is 0 Å². The molecule has 3 unspecified atom stereocenters. The third-order valence-electron chi connectivity index (χ3n) is 4.05. The number of carbonyl (C=O) groups excluding carboxylic acids is 1. The van der Waals surface area contributed by atoms with E-state index in [-0.39, 0.29) is 11.8 Å². The van der Waals surface area contributed by atoms with Crippen molar-refractivity contribution in [3.63, 3.8) is 0 Å². The van der Waals surface area contributed by atoms with Crippen molar-refractivity contribution in [1.29, 1.82) is 0 Å². The van der Waals surface area contributed by atoms with E-state index in [0.717, 1.165) is 12.3 Å². The number of nitrogens with one attached hydrogen (secondary N) is 1. The Balaban J connectivity index is 2.04. The molecule has 2 rings (SSSR count). The lowest BCUT2D eigenvalue weighted by Gasteiger charge is -2.40. The SMILES string of the molecule is NNC(=O)C1CCCC2CCCCC21. The molecule has 80 valence electrons. The fourth-order valence-electron chi connectivity index (χ4n) is 3.37. The standard InChI is InChI=1S/C11H20N2O/c12-13-11(14)10-7-3-5-8-4-1-2-6-9(8)10/h8-10H,1-7,12H2,(H,13,14). The van der Waals surface area contributed by atoms with Crippen LogP contribution in [0.1, 0.15) is 44.9 Å². The molecule has 2 fully saturated rings. The zero-order valence-corrected chi connectivity index (χ0v) is 8.67. The number of hydrazine groups is 1. The monoisotopic (exact) mass is 196 g/mol. The van der Waals surface area contributed by atoms with Crippen molar-refractivity contribution in [2.75, 3.05) is 0 Å². The maximum Gasteiger partial charge on any atom is 0.237 e. The molecule has 0 spiro atoms. The Morgan fingerprint density at radius 3 is 2.57 bits per heavy atom. The fourth-order valence-corrected chi connectivity index (χ4v) is 3.37. The average Bonchev–Trinajstić information content (AvgIpc) is 2.27. The highest BCUT2D eigenvalue weighted by Crippen LogP contribution is 2.43. The molecule has 0 heterocycles. The minimum atomic E-state index is 0.0709. The van der Waals surface area contributed by atoms with E-state index in [1.165, 1.54) is 38.5 Å². The molecule has 2 aliphatic carbocycles. The highest BCUT2D eigenvalue weighted by atomic mass is 16.2. The van der Waals surface area contributed by atoms with Gasteiger partial charge in [0.1, 0.15) is 0 Å². The van der Waals surface area contributed by atoms with Gasteiger partial charge in [0.15, 0.2) is 0 Å². The Kier molecular flexibility index (Phi) is 3.06. The Bertz CT molecular complexity index is 215. The highest BCUT2D eigenvalue weighted by Gasteiger charge is 2.37. The van der Waals surface area contributed by atoms with Crippen molar-refractivity contribution < 1.29 is 4.79 Å². The second kappa shape index (κ2) is 4.30. The number of nitrogens with two attached hydrogens (primary N) is 1. The van der Waals surface area contributed by atoms with Crippen molar-refractivity contribution in [3.8, 4) is 0 Å². The van der Waals surface area contributed by atoms with Gasteiger partial charge in [0.05, 0.1) is 0 Å². The number of hydrogen-bond donors (Lipinski definition) is 2. The molecular formula is C11H20N2O. The van der Waals surface area contributed by atoms with Gasteiger partial charge in [-0.2, -0.15) is 0 Å². The third kappa shape index (κ3) is 1.78. The molecule has 0 aromatic heterocycles. The fraction of sp³-hybridized carbons (Fsp3) is 0.909. The number of hydrogen-bond acceptors (Lipinski definition) is 2. The molecule has 0 radical (unpaired) electrons.